The van der Waals surface area contributed by atoms with E-state index in [9.17, 15) is 4.79 Å². The molecule has 1 N–H and O–H groups in total. The van der Waals surface area contributed by atoms with Crippen LogP contribution in [0, 0.1) is 6.92 Å². The molecule has 2 aromatic rings. The Morgan fingerprint density at radius 1 is 1.11 bits per heavy atom. The molecule has 0 atom stereocenters. The Labute approximate surface area is 118 Å². The maximum Gasteiger partial charge on any atom is 0.305 e. The Kier molecular flexibility index (Phi) is 4.97. The first kappa shape index (κ1) is 14.1. The third-order valence-corrected chi connectivity index (χ3v) is 4.18. The Bertz CT molecular complexity index is 565. The molecule has 1 aromatic heterocycles. The molecular weight excluding hydrogens is 254 g/mol. The molecule has 2 rings (SSSR count). The molecule has 1 aromatic carbocycles. The Hall–Kier alpha value is -1.35. The predicted molar refractivity (Wildman–Crippen MR) is 83.0 cm³/mol. The number of H-pyrrole nitrogens is 1. The molecule has 0 aliphatic rings. The molecule has 0 aliphatic carbocycles. The second kappa shape index (κ2) is 6.71. The number of benzene rings is 1. The molecule has 3 heteroatoms. The third-order valence-electron chi connectivity index (χ3n) is 3.39. The summed E-state index contributed by atoms with van der Waals surface area (Å²) in [5.74, 6) is 0. The summed E-state index contributed by atoms with van der Waals surface area (Å²) in [7, 11) is 0. The van der Waals surface area contributed by atoms with Gasteiger partial charge in [0.05, 0.1) is 5.69 Å². The van der Waals surface area contributed by atoms with Crippen molar-refractivity contribution >= 4 is 11.3 Å². The zero-order valence-electron chi connectivity index (χ0n) is 11.7. The predicted octanol–water partition coefficient (Wildman–Crippen LogP) is 4.53. The van der Waals surface area contributed by atoms with E-state index >= 15 is 0 Å². The van der Waals surface area contributed by atoms with Gasteiger partial charge in [-0.15, -0.1) is 0 Å². The van der Waals surface area contributed by atoms with Gasteiger partial charge in [0.1, 0.15) is 0 Å². The second-order valence-corrected chi connectivity index (χ2v) is 6.14. The highest BCUT2D eigenvalue weighted by Gasteiger charge is 2.06. The maximum absolute atomic E-state index is 11.3. The van der Waals surface area contributed by atoms with Crippen LogP contribution in [0.2, 0.25) is 0 Å². The van der Waals surface area contributed by atoms with Gasteiger partial charge in [-0.05, 0) is 30.9 Å². The van der Waals surface area contributed by atoms with Crippen molar-refractivity contribution in [3.05, 3.63) is 44.4 Å². The minimum absolute atomic E-state index is 0.0242. The first-order valence-electron chi connectivity index (χ1n) is 6.99. The van der Waals surface area contributed by atoms with Crippen LogP contribution in [0.1, 0.15) is 43.0 Å². The van der Waals surface area contributed by atoms with Crippen LogP contribution in [0.3, 0.4) is 0 Å². The third kappa shape index (κ3) is 3.80. The smallest absolute Gasteiger partial charge is 0.305 e. The van der Waals surface area contributed by atoms with Crippen LogP contribution in [0.5, 0.6) is 0 Å². The number of aromatic amines is 1. The SMILES string of the molecule is CCCCCCc1ccc(-c2[nH]c(=O)sc2C)cc1. The molecule has 0 aliphatic heterocycles. The molecule has 0 saturated carbocycles. The number of rotatable bonds is 6. The Morgan fingerprint density at radius 2 is 1.84 bits per heavy atom. The van der Waals surface area contributed by atoms with Crippen LogP contribution in [0.15, 0.2) is 29.1 Å². The Morgan fingerprint density at radius 3 is 2.42 bits per heavy atom. The molecule has 0 radical (unpaired) electrons. The van der Waals surface area contributed by atoms with Crippen LogP contribution in [-0.4, -0.2) is 4.98 Å². The van der Waals surface area contributed by atoms with E-state index in [-0.39, 0.29) is 4.87 Å². The van der Waals surface area contributed by atoms with Gasteiger partial charge in [-0.2, -0.15) is 0 Å². The molecule has 0 amide bonds. The zero-order chi connectivity index (χ0) is 13.7. The normalized spacial score (nSPS) is 10.8. The zero-order valence-corrected chi connectivity index (χ0v) is 12.5. The summed E-state index contributed by atoms with van der Waals surface area (Å²) in [6.45, 7) is 4.22. The average molecular weight is 275 g/mol. The molecule has 2 nitrogen and oxygen atoms in total. The van der Waals surface area contributed by atoms with Crippen LogP contribution < -0.4 is 4.87 Å². The minimum Gasteiger partial charge on any atom is -0.312 e. The van der Waals surface area contributed by atoms with Crippen LogP contribution in [0.4, 0.5) is 0 Å². The molecule has 0 saturated heterocycles. The summed E-state index contributed by atoms with van der Waals surface area (Å²) < 4.78 is 0. The van der Waals surface area contributed by atoms with Gasteiger partial charge in [-0.25, -0.2) is 0 Å². The van der Waals surface area contributed by atoms with Crippen molar-refractivity contribution in [2.45, 2.75) is 46.0 Å². The largest absolute Gasteiger partial charge is 0.312 e. The Balaban J connectivity index is 2.02. The van der Waals surface area contributed by atoms with Crippen molar-refractivity contribution in [1.82, 2.24) is 4.98 Å². The fraction of sp³-hybridized carbons (Fsp3) is 0.438. The number of hydrogen-bond acceptors (Lipinski definition) is 2. The van der Waals surface area contributed by atoms with E-state index in [4.69, 9.17) is 0 Å². The minimum atomic E-state index is 0.0242. The van der Waals surface area contributed by atoms with Crippen molar-refractivity contribution in [3.63, 3.8) is 0 Å². The van der Waals surface area contributed by atoms with E-state index in [1.807, 2.05) is 6.92 Å². The fourth-order valence-corrected chi connectivity index (χ4v) is 2.98. The molecule has 0 bridgehead atoms. The van der Waals surface area contributed by atoms with E-state index < -0.39 is 0 Å². The number of aromatic nitrogens is 1. The number of hydrogen-bond donors (Lipinski definition) is 1. The fourth-order valence-electron chi connectivity index (χ4n) is 2.28. The highest BCUT2D eigenvalue weighted by atomic mass is 32.1. The van der Waals surface area contributed by atoms with E-state index in [0.29, 0.717) is 0 Å². The summed E-state index contributed by atoms with van der Waals surface area (Å²) in [6.07, 6.45) is 6.34. The lowest BCUT2D eigenvalue weighted by molar-refractivity contribution is 0.667. The van der Waals surface area contributed by atoms with Crippen molar-refractivity contribution in [3.8, 4) is 11.3 Å². The van der Waals surface area contributed by atoms with E-state index in [0.717, 1.165) is 22.6 Å². The van der Waals surface area contributed by atoms with Gasteiger partial charge in [0, 0.05) is 4.88 Å². The number of aryl methyl sites for hydroxylation is 2. The molecule has 0 fully saturated rings. The number of unbranched alkanes of at least 4 members (excludes halogenated alkanes) is 3. The van der Waals surface area contributed by atoms with Gasteiger partial charge >= 0.3 is 4.87 Å². The summed E-state index contributed by atoms with van der Waals surface area (Å²) in [6, 6.07) is 8.58. The summed E-state index contributed by atoms with van der Waals surface area (Å²) in [5, 5.41) is 0. The average Bonchev–Trinajstić information content (AvgIpc) is 2.75. The highest BCUT2D eigenvalue weighted by Crippen LogP contribution is 2.23. The van der Waals surface area contributed by atoms with Crippen molar-refractivity contribution in [1.29, 1.82) is 0 Å². The standard InChI is InChI=1S/C16H21NOS/c1-3-4-5-6-7-13-8-10-14(11-9-13)15-12(2)19-16(18)17-15/h8-11H,3-7H2,1-2H3,(H,17,18). The highest BCUT2D eigenvalue weighted by molar-refractivity contribution is 7.09. The van der Waals surface area contributed by atoms with E-state index in [2.05, 4.69) is 36.2 Å². The first-order valence-corrected chi connectivity index (χ1v) is 7.81. The monoisotopic (exact) mass is 275 g/mol. The molecular formula is C16H21NOS. The molecule has 0 spiro atoms. The van der Waals surface area contributed by atoms with Crippen molar-refractivity contribution in [2.75, 3.05) is 0 Å². The lowest BCUT2D eigenvalue weighted by Crippen LogP contribution is -1.92. The van der Waals surface area contributed by atoms with E-state index in [1.165, 1.54) is 42.6 Å². The maximum atomic E-state index is 11.3. The van der Waals surface area contributed by atoms with Gasteiger partial charge in [-0.3, -0.25) is 4.79 Å². The number of thiazole rings is 1. The summed E-state index contributed by atoms with van der Waals surface area (Å²) >= 11 is 1.28. The van der Waals surface area contributed by atoms with Crippen molar-refractivity contribution < 1.29 is 0 Å². The molecule has 1 heterocycles. The van der Waals surface area contributed by atoms with Crippen molar-refractivity contribution in [2.24, 2.45) is 0 Å². The quantitative estimate of drug-likeness (QED) is 0.772. The lowest BCUT2D eigenvalue weighted by atomic mass is 10.0. The van der Waals surface area contributed by atoms with Crippen LogP contribution in [-0.2, 0) is 6.42 Å². The topological polar surface area (TPSA) is 32.9 Å². The first-order chi connectivity index (χ1) is 9.20. The van der Waals surface area contributed by atoms with Crippen LogP contribution >= 0.6 is 11.3 Å². The summed E-state index contributed by atoms with van der Waals surface area (Å²) in [4.78, 5) is 15.3. The van der Waals surface area contributed by atoms with E-state index in [1.54, 1.807) is 0 Å². The van der Waals surface area contributed by atoms with Crippen LogP contribution in [0.25, 0.3) is 11.3 Å². The number of nitrogens with one attached hydrogen (secondary N) is 1. The van der Waals surface area contributed by atoms with Gasteiger partial charge in [0.15, 0.2) is 0 Å². The second-order valence-electron chi connectivity index (χ2n) is 4.95. The molecule has 102 valence electrons. The lowest BCUT2D eigenvalue weighted by Gasteiger charge is -2.04. The van der Waals surface area contributed by atoms with Gasteiger partial charge in [0.25, 0.3) is 0 Å². The van der Waals surface area contributed by atoms with Gasteiger partial charge < -0.3 is 4.98 Å². The molecule has 19 heavy (non-hydrogen) atoms. The molecule has 0 unspecified atom stereocenters. The van der Waals surface area contributed by atoms with Gasteiger partial charge in [-0.1, -0.05) is 61.8 Å². The summed E-state index contributed by atoms with van der Waals surface area (Å²) in [5.41, 5.74) is 3.45. The van der Waals surface area contributed by atoms with Gasteiger partial charge in [0.2, 0.25) is 0 Å².